The number of nitrogens with one attached hydrogen (secondary N) is 1. The average molecular weight is 378 g/mol. The molecule has 4 aliphatic carbocycles. The average Bonchev–Trinajstić information content (AvgIpc) is 2.45. The monoisotopic (exact) mass is 377 g/mol. The van der Waals surface area contributed by atoms with Gasteiger partial charge < -0.3 is 10.1 Å². The number of anilines is 1. The summed E-state index contributed by atoms with van der Waals surface area (Å²) >= 11 is 3.98. The van der Waals surface area contributed by atoms with Crippen molar-refractivity contribution in [2.75, 3.05) is 12.4 Å². The normalized spacial score (nSPS) is 37.8. The molecule has 4 saturated carbocycles. The van der Waals surface area contributed by atoms with Crippen LogP contribution in [0.4, 0.5) is 5.69 Å². The lowest BCUT2D eigenvalue weighted by molar-refractivity contribution is -0.138. The summed E-state index contributed by atoms with van der Waals surface area (Å²) in [5.41, 5.74) is 1.82. The molecule has 0 spiro atoms. The van der Waals surface area contributed by atoms with Gasteiger partial charge in [0.1, 0.15) is 0 Å². The molecule has 4 heteroatoms. The maximum atomic E-state index is 13.1. The van der Waals surface area contributed by atoms with E-state index < -0.39 is 0 Å². The number of halogens is 1. The molecule has 0 saturated heterocycles. The maximum Gasteiger partial charge on any atom is 0.230 e. The van der Waals surface area contributed by atoms with Crippen molar-refractivity contribution >= 4 is 27.5 Å². The number of carbonyl (C=O) groups is 1. The Morgan fingerprint density at radius 2 is 2.04 bits per heavy atom. The molecule has 5 rings (SSSR count). The van der Waals surface area contributed by atoms with E-state index in [2.05, 4.69) is 21.2 Å². The Morgan fingerprint density at radius 3 is 2.70 bits per heavy atom. The van der Waals surface area contributed by atoms with Crippen LogP contribution in [0.1, 0.15) is 44.1 Å². The molecule has 2 unspecified atom stereocenters. The van der Waals surface area contributed by atoms with Crippen molar-refractivity contribution in [1.82, 2.24) is 0 Å². The molecule has 2 atom stereocenters. The van der Waals surface area contributed by atoms with Crippen molar-refractivity contribution in [2.45, 2.75) is 49.5 Å². The predicted molar refractivity (Wildman–Crippen MR) is 94.6 cm³/mol. The number of benzene rings is 1. The first-order chi connectivity index (χ1) is 11.0. The fraction of sp³-hybridized carbons (Fsp3) is 0.632. The Labute approximate surface area is 146 Å². The van der Waals surface area contributed by atoms with Crippen LogP contribution in [0, 0.1) is 17.3 Å². The smallest absolute Gasteiger partial charge is 0.230 e. The minimum Gasteiger partial charge on any atom is -0.380 e. The highest BCUT2D eigenvalue weighted by atomic mass is 79.9. The van der Waals surface area contributed by atoms with E-state index in [1.807, 2.05) is 24.3 Å². The van der Waals surface area contributed by atoms with E-state index in [4.69, 9.17) is 4.74 Å². The van der Waals surface area contributed by atoms with Gasteiger partial charge in [-0.1, -0.05) is 28.1 Å². The fourth-order valence-electron chi connectivity index (χ4n) is 5.59. The highest BCUT2D eigenvalue weighted by Crippen LogP contribution is 2.64. The van der Waals surface area contributed by atoms with Gasteiger partial charge in [0.2, 0.25) is 5.91 Å². The number of alkyl halides is 1. The number of hydrogen-bond acceptors (Lipinski definition) is 2. The lowest BCUT2D eigenvalue weighted by Crippen LogP contribution is -2.57. The van der Waals surface area contributed by atoms with Crippen molar-refractivity contribution < 1.29 is 9.53 Å². The van der Waals surface area contributed by atoms with E-state index in [0.29, 0.717) is 6.61 Å². The lowest BCUT2D eigenvalue weighted by atomic mass is 9.49. The zero-order valence-corrected chi connectivity index (χ0v) is 15.2. The van der Waals surface area contributed by atoms with Gasteiger partial charge in [0.05, 0.1) is 12.0 Å². The number of ether oxygens (including phenoxy) is 1. The number of hydrogen-bond donors (Lipinski definition) is 1. The first-order valence-corrected chi connectivity index (χ1v) is 9.38. The third-order valence-electron chi connectivity index (χ3n) is 5.97. The van der Waals surface area contributed by atoms with Crippen LogP contribution in [0.3, 0.4) is 0 Å². The van der Waals surface area contributed by atoms with E-state index in [1.165, 1.54) is 19.3 Å². The van der Waals surface area contributed by atoms with Crippen LogP contribution < -0.4 is 5.32 Å². The maximum absolute atomic E-state index is 13.1. The van der Waals surface area contributed by atoms with Gasteiger partial charge in [0.15, 0.2) is 0 Å². The minimum absolute atomic E-state index is 0.162. The van der Waals surface area contributed by atoms with Gasteiger partial charge in [-0.2, -0.15) is 0 Å². The summed E-state index contributed by atoms with van der Waals surface area (Å²) in [6.45, 7) is 0.573. The zero-order valence-electron chi connectivity index (χ0n) is 13.6. The molecule has 4 fully saturated rings. The van der Waals surface area contributed by atoms with Crippen molar-refractivity contribution in [2.24, 2.45) is 17.3 Å². The molecule has 0 radical (unpaired) electrons. The molecule has 4 bridgehead atoms. The first-order valence-electron chi connectivity index (χ1n) is 8.59. The van der Waals surface area contributed by atoms with E-state index in [1.54, 1.807) is 7.11 Å². The summed E-state index contributed by atoms with van der Waals surface area (Å²) in [6.07, 6.45) is 6.97. The number of carbonyl (C=O) groups excluding carboxylic acids is 1. The third kappa shape index (κ3) is 2.85. The van der Waals surface area contributed by atoms with Gasteiger partial charge in [-0.25, -0.2) is 0 Å². The molecule has 1 amide bonds. The van der Waals surface area contributed by atoms with Crippen LogP contribution >= 0.6 is 15.9 Å². The molecule has 124 valence electrons. The molecule has 0 aliphatic heterocycles. The molecule has 3 nitrogen and oxygen atoms in total. The topological polar surface area (TPSA) is 38.3 Å². The van der Waals surface area contributed by atoms with Crippen LogP contribution in [0.2, 0.25) is 0 Å². The standard InChI is InChI=1S/C19H24BrNO2/c1-23-11-13-3-2-4-16(6-13)21-17(22)18-7-14-5-15(8-18)10-19(20,9-14)12-18/h2-4,6,14-15H,5,7-12H2,1H3,(H,21,22). The van der Waals surface area contributed by atoms with Crippen LogP contribution in [0.15, 0.2) is 24.3 Å². The number of rotatable bonds is 4. The van der Waals surface area contributed by atoms with Gasteiger partial charge in [0.25, 0.3) is 0 Å². The molecular weight excluding hydrogens is 354 g/mol. The van der Waals surface area contributed by atoms with Crippen molar-refractivity contribution in [1.29, 1.82) is 0 Å². The quantitative estimate of drug-likeness (QED) is 0.784. The Morgan fingerprint density at radius 1 is 1.30 bits per heavy atom. The van der Waals surface area contributed by atoms with Gasteiger partial charge in [-0.3, -0.25) is 4.79 Å². The number of amides is 1. The van der Waals surface area contributed by atoms with Crippen molar-refractivity contribution in [3.63, 3.8) is 0 Å². The summed E-state index contributed by atoms with van der Waals surface area (Å²) in [5, 5.41) is 3.20. The Hall–Kier alpha value is -0.870. The molecule has 0 aromatic heterocycles. The second-order valence-corrected chi connectivity index (χ2v) is 9.66. The van der Waals surface area contributed by atoms with Crippen LogP contribution in [0.5, 0.6) is 0 Å². The Bertz CT molecular complexity index is 616. The lowest BCUT2D eigenvalue weighted by Gasteiger charge is -2.59. The summed E-state index contributed by atoms with van der Waals surface area (Å²) < 4.78 is 5.40. The summed E-state index contributed by atoms with van der Waals surface area (Å²) in [5.74, 6) is 1.67. The molecule has 0 heterocycles. The molecule has 1 N–H and O–H groups in total. The molecular formula is C19H24BrNO2. The zero-order chi connectivity index (χ0) is 16.1. The predicted octanol–water partition coefficient (Wildman–Crippen LogP) is 4.51. The summed E-state index contributed by atoms with van der Waals surface area (Å²) in [6, 6.07) is 8.00. The van der Waals surface area contributed by atoms with E-state index in [-0.39, 0.29) is 15.6 Å². The highest BCUT2D eigenvalue weighted by molar-refractivity contribution is 9.10. The van der Waals surface area contributed by atoms with Crippen LogP contribution in [-0.2, 0) is 16.1 Å². The third-order valence-corrected chi connectivity index (χ3v) is 6.90. The first kappa shape index (κ1) is 15.6. The minimum atomic E-state index is -0.162. The van der Waals surface area contributed by atoms with Crippen LogP contribution in [-0.4, -0.2) is 17.3 Å². The van der Waals surface area contributed by atoms with E-state index in [9.17, 15) is 4.79 Å². The summed E-state index contributed by atoms with van der Waals surface area (Å²) in [7, 11) is 1.69. The summed E-state index contributed by atoms with van der Waals surface area (Å²) in [4.78, 5) is 13.1. The molecule has 1 aromatic rings. The van der Waals surface area contributed by atoms with Crippen LogP contribution in [0.25, 0.3) is 0 Å². The van der Waals surface area contributed by atoms with Gasteiger partial charge >= 0.3 is 0 Å². The highest BCUT2D eigenvalue weighted by Gasteiger charge is 2.59. The second kappa shape index (κ2) is 5.59. The van der Waals surface area contributed by atoms with Gasteiger partial charge in [-0.15, -0.1) is 0 Å². The SMILES string of the molecule is COCc1cccc(NC(=O)C23CC4CC(CC(Br)(C4)C2)C3)c1. The molecule has 1 aromatic carbocycles. The Balaban J connectivity index is 1.54. The van der Waals surface area contributed by atoms with E-state index in [0.717, 1.165) is 42.3 Å². The van der Waals surface area contributed by atoms with Crippen molar-refractivity contribution in [3.05, 3.63) is 29.8 Å². The molecule has 23 heavy (non-hydrogen) atoms. The largest absolute Gasteiger partial charge is 0.380 e. The van der Waals surface area contributed by atoms with E-state index >= 15 is 0 Å². The Kier molecular flexibility index (Phi) is 3.80. The fourth-order valence-corrected chi connectivity index (χ4v) is 7.04. The van der Waals surface area contributed by atoms with Gasteiger partial charge in [0, 0.05) is 17.1 Å². The second-order valence-electron chi connectivity index (χ2n) is 7.98. The number of methoxy groups -OCH3 is 1. The van der Waals surface area contributed by atoms with Crippen molar-refractivity contribution in [3.8, 4) is 0 Å². The molecule has 4 aliphatic rings. The van der Waals surface area contributed by atoms with Gasteiger partial charge in [-0.05, 0) is 68.1 Å².